The van der Waals surface area contributed by atoms with Gasteiger partial charge < -0.3 is 19.3 Å². The van der Waals surface area contributed by atoms with E-state index in [1.165, 1.54) is 0 Å². The molecule has 0 radical (unpaired) electrons. The van der Waals surface area contributed by atoms with E-state index in [4.69, 9.17) is 9.47 Å². The van der Waals surface area contributed by atoms with Crippen LogP contribution < -0.4 is 9.64 Å². The van der Waals surface area contributed by atoms with E-state index in [0.717, 1.165) is 30.2 Å². The average Bonchev–Trinajstić information content (AvgIpc) is 3.17. The van der Waals surface area contributed by atoms with Gasteiger partial charge in [-0.05, 0) is 25.1 Å². The van der Waals surface area contributed by atoms with Crippen molar-refractivity contribution in [3.05, 3.63) is 35.9 Å². The van der Waals surface area contributed by atoms with Crippen LogP contribution in [0, 0.1) is 0 Å². The van der Waals surface area contributed by atoms with Gasteiger partial charge in [-0.2, -0.15) is 5.10 Å². The van der Waals surface area contributed by atoms with E-state index in [2.05, 4.69) is 21.9 Å². The zero-order valence-corrected chi connectivity index (χ0v) is 15.8. The van der Waals surface area contributed by atoms with Crippen molar-refractivity contribution in [2.75, 3.05) is 44.9 Å². The van der Waals surface area contributed by atoms with Crippen LogP contribution in [-0.4, -0.2) is 71.6 Å². The maximum absolute atomic E-state index is 12.8. The van der Waals surface area contributed by atoms with Crippen LogP contribution in [0.3, 0.4) is 0 Å². The summed E-state index contributed by atoms with van der Waals surface area (Å²) in [5.74, 6) is 1.80. The summed E-state index contributed by atoms with van der Waals surface area (Å²) in [4.78, 5) is 21.2. The summed E-state index contributed by atoms with van der Waals surface area (Å²) in [6, 6.07) is 5.81. The molecule has 2 aromatic rings. The standard InChI is InChI=1S/C19H25N5O3/c1-3-24-18(20-13-21-24)11-15-12-27-17-5-4-14(10-16(17)22(15)2)19(25)23-6-8-26-9-7-23/h4-5,10,13,15H,3,6-9,11-12H2,1-2H3. The van der Waals surface area contributed by atoms with Crippen molar-refractivity contribution < 1.29 is 14.3 Å². The van der Waals surface area contributed by atoms with Crippen molar-refractivity contribution in [1.82, 2.24) is 19.7 Å². The largest absolute Gasteiger partial charge is 0.489 e. The number of hydrogen-bond acceptors (Lipinski definition) is 6. The van der Waals surface area contributed by atoms with Crippen LogP contribution in [0.2, 0.25) is 0 Å². The van der Waals surface area contributed by atoms with E-state index in [1.54, 1.807) is 6.33 Å². The van der Waals surface area contributed by atoms with E-state index in [9.17, 15) is 4.79 Å². The van der Waals surface area contributed by atoms with Crippen LogP contribution in [-0.2, 0) is 17.7 Å². The molecule has 1 atom stereocenters. The van der Waals surface area contributed by atoms with Crippen molar-refractivity contribution in [3.8, 4) is 5.75 Å². The highest BCUT2D eigenvalue weighted by molar-refractivity contribution is 5.95. The normalized spacial score (nSPS) is 19.6. The van der Waals surface area contributed by atoms with Crippen LogP contribution in [0.15, 0.2) is 24.5 Å². The molecule has 1 aromatic heterocycles. The fourth-order valence-corrected chi connectivity index (χ4v) is 3.61. The molecule has 3 heterocycles. The lowest BCUT2D eigenvalue weighted by Gasteiger charge is -2.36. The van der Waals surface area contributed by atoms with Crippen LogP contribution >= 0.6 is 0 Å². The first-order valence-corrected chi connectivity index (χ1v) is 9.40. The van der Waals surface area contributed by atoms with Gasteiger partial charge in [-0.15, -0.1) is 0 Å². The maximum Gasteiger partial charge on any atom is 0.254 e. The molecule has 1 fully saturated rings. The third-order valence-electron chi connectivity index (χ3n) is 5.28. The molecule has 2 aliphatic heterocycles. The van der Waals surface area contributed by atoms with E-state index in [-0.39, 0.29) is 11.9 Å². The van der Waals surface area contributed by atoms with E-state index in [1.807, 2.05) is 34.8 Å². The summed E-state index contributed by atoms with van der Waals surface area (Å²) in [5, 5.41) is 4.24. The fourth-order valence-electron chi connectivity index (χ4n) is 3.61. The van der Waals surface area contributed by atoms with Crippen LogP contribution in [0.4, 0.5) is 5.69 Å². The first-order chi connectivity index (χ1) is 13.2. The summed E-state index contributed by atoms with van der Waals surface area (Å²) in [5.41, 5.74) is 1.62. The van der Waals surface area contributed by atoms with E-state index in [0.29, 0.717) is 38.5 Å². The second-order valence-electron chi connectivity index (χ2n) is 6.86. The van der Waals surface area contributed by atoms with Gasteiger partial charge in [0, 0.05) is 38.7 Å². The number of aromatic nitrogens is 3. The average molecular weight is 371 g/mol. The highest BCUT2D eigenvalue weighted by Crippen LogP contribution is 2.34. The van der Waals surface area contributed by atoms with E-state index >= 15 is 0 Å². The van der Waals surface area contributed by atoms with Crippen LogP contribution in [0.25, 0.3) is 0 Å². The number of anilines is 1. The molecule has 27 heavy (non-hydrogen) atoms. The Morgan fingerprint density at radius 1 is 1.30 bits per heavy atom. The van der Waals surface area contributed by atoms with Gasteiger partial charge in [0.2, 0.25) is 0 Å². The second-order valence-corrected chi connectivity index (χ2v) is 6.86. The number of benzene rings is 1. The molecule has 0 spiro atoms. The van der Waals surface area contributed by atoms with Gasteiger partial charge >= 0.3 is 0 Å². The van der Waals surface area contributed by atoms with Gasteiger partial charge in [-0.1, -0.05) is 0 Å². The quantitative estimate of drug-likeness (QED) is 0.804. The molecule has 2 aliphatic rings. The maximum atomic E-state index is 12.8. The van der Waals surface area contributed by atoms with Crippen LogP contribution in [0.5, 0.6) is 5.75 Å². The van der Waals surface area contributed by atoms with Gasteiger partial charge in [-0.3, -0.25) is 9.48 Å². The molecule has 0 N–H and O–H groups in total. The number of carbonyl (C=O) groups excluding carboxylic acids is 1. The molecule has 8 heteroatoms. The Morgan fingerprint density at radius 3 is 2.89 bits per heavy atom. The minimum Gasteiger partial charge on any atom is -0.489 e. The number of ether oxygens (including phenoxy) is 2. The monoisotopic (exact) mass is 371 g/mol. The summed E-state index contributed by atoms with van der Waals surface area (Å²) >= 11 is 0. The molecule has 1 amide bonds. The molecule has 8 nitrogen and oxygen atoms in total. The number of aryl methyl sites for hydroxylation is 1. The van der Waals surface area contributed by atoms with Crippen molar-refractivity contribution >= 4 is 11.6 Å². The molecular weight excluding hydrogens is 346 g/mol. The first-order valence-electron chi connectivity index (χ1n) is 9.40. The summed E-state index contributed by atoms with van der Waals surface area (Å²) in [6.07, 6.45) is 2.33. The molecule has 144 valence electrons. The Kier molecular flexibility index (Phi) is 4.98. The zero-order chi connectivity index (χ0) is 18.8. The predicted molar refractivity (Wildman–Crippen MR) is 100 cm³/mol. The van der Waals surface area contributed by atoms with Gasteiger partial charge in [0.25, 0.3) is 5.91 Å². The Balaban J connectivity index is 1.54. The predicted octanol–water partition coefficient (Wildman–Crippen LogP) is 1.21. The van der Waals surface area contributed by atoms with Crippen molar-refractivity contribution in [2.45, 2.75) is 25.9 Å². The second kappa shape index (κ2) is 7.56. The smallest absolute Gasteiger partial charge is 0.254 e. The van der Waals surface area contributed by atoms with Crippen molar-refractivity contribution in [1.29, 1.82) is 0 Å². The highest BCUT2D eigenvalue weighted by atomic mass is 16.5. The van der Waals surface area contributed by atoms with Crippen molar-refractivity contribution in [2.24, 2.45) is 0 Å². The SMILES string of the molecule is CCn1ncnc1CC1COc2ccc(C(=O)N3CCOCC3)cc2N1C. The lowest BCUT2D eigenvalue weighted by molar-refractivity contribution is 0.0303. The van der Waals surface area contributed by atoms with Crippen LogP contribution in [0.1, 0.15) is 23.1 Å². The number of morpholine rings is 1. The van der Waals surface area contributed by atoms with Gasteiger partial charge in [0.1, 0.15) is 24.5 Å². The number of carbonyl (C=O) groups is 1. The molecule has 0 bridgehead atoms. The van der Waals surface area contributed by atoms with Crippen molar-refractivity contribution in [3.63, 3.8) is 0 Å². The van der Waals surface area contributed by atoms with Gasteiger partial charge in [0.15, 0.2) is 0 Å². The molecule has 0 aliphatic carbocycles. The minimum atomic E-state index is 0.0438. The van der Waals surface area contributed by atoms with Gasteiger partial charge in [-0.25, -0.2) is 4.98 Å². The number of rotatable bonds is 4. The number of amides is 1. The molecule has 1 aromatic carbocycles. The Labute approximate surface area is 158 Å². The third kappa shape index (κ3) is 3.49. The highest BCUT2D eigenvalue weighted by Gasteiger charge is 2.28. The molecule has 1 saturated heterocycles. The molecule has 0 saturated carbocycles. The summed E-state index contributed by atoms with van der Waals surface area (Å²) < 4.78 is 13.2. The first kappa shape index (κ1) is 17.8. The van der Waals surface area contributed by atoms with Gasteiger partial charge in [0.05, 0.1) is 24.9 Å². The summed E-state index contributed by atoms with van der Waals surface area (Å²) in [7, 11) is 2.04. The topological polar surface area (TPSA) is 72.7 Å². The number of likely N-dealkylation sites (N-methyl/N-ethyl adjacent to an activating group) is 1. The Hall–Kier alpha value is -2.61. The number of hydrogen-bond donors (Lipinski definition) is 0. The number of nitrogens with zero attached hydrogens (tertiary/aromatic N) is 5. The molecule has 1 unspecified atom stereocenters. The molecule has 4 rings (SSSR count). The number of fused-ring (bicyclic) bond motifs is 1. The minimum absolute atomic E-state index is 0.0438. The zero-order valence-electron chi connectivity index (χ0n) is 15.8. The fraction of sp³-hybridized carbons (Fsp3) is 0.526. The Bertz CT molecular complexity index is 815. The summed E-state index contributed by atoms with van der Waals surface area (Å²) in [6.45, 7) is 5.89. The third-order valence-corrected chi connectivity index (χ3v) is 5.28. The lowest BCUT2D eigenvalue weighted by atomic mass is 10.1. The lowest BCUT2D eigenvalue weighted by Crippen LogP contribution is -2.43. The Morgan fingerprint density at radius 2 is 2.11 bits per heavy atom. The van der Waals surface area contributed by atoms with E-state index < -0.39 is 0 Å². The molecular formula is C19H25N5O3.